The van der Waals surface area contributed by atoms with E-state index in [-0.39, 0.29) is 16.3 Å². The Morgan fingerprint density at radius 3 is 2.61 bits per heavy atom. The Hall–Kier alpha value is -1.55. The second-order valence-corrected chi connectivity index (χ2v) is 5.28. The monoisotopic (exact) mass is 268 g/mol. The summed E-state index contributed by atoms with van der Waals surface area (Å²) < 4.78 is 0. The smallest absolute Gasteiger partial charge is 0.356 e. The molecular formula is C13H17ClN2O2. The van der Waals surface area contributed by atoms with Gasteiger partial charge in [0.1, 0.15) is 5.82 Å². The summed E-state index contributed by atoms with van der Waals surface area (Å²) in [6, 6.07) is 3.26. The number of aromatic nitrogens is 1. The van der Waals surface area contributed by atoms with Crippen LogP contribution in [0.3, 0.4) is 0 Å². The van der Waals surface area contributed by atoms with Crippen LogP contribution in [-0.4, -0.2) is 28.1 Å². The van der Waals surface area contributed by atoms with Crippen molar-refractivity contribution in [1.82, 2.24) is 4.98 Å². The minimum absolute atomic E-state index is 0.132. The maximum Gasteiger partial charge on any atom is 0.356 e. The number of pyridine rings is 1. The number of carbonyl (C=O) groups is 1. The molecule has 0 aliphatic carbocycles. The lowest BCUT2D eigenvalue weighted by Crippen LogP contribution is -2.42. The van der Waals surface area contributed by atoms with Crippen molar-refractivity contribution in [2.75, 3.05) is 11.4 Å². The number of rotatable bonds is 4. The first-order chi connectivity index (χ1) is 8.27. The fourth-order valence-corrected chi connectivity index (χ4v) is 1.76. The molecule has 5 heteroatoms. The lowest BCUT2D eigenvalue weighted by atomic mass is 10.1. The molecule has 0 spiro atoms. The van der Waals surface area contributed by atoms with Gasteiger partial charge in [-0.2, -0.15) is 0 Å². The summed E-state index contributed by atoms with van der Waals surface area (Å²) in [5, 5.41) is 9.16. The van der Waals surface area contributed by atoms with Crippen LogP contribution < -0.4 is 4.90 Å². The largest absolute Gasteiger partial charge is 0.476 e. The third-order valence-electron chi connectivity index (χ3n) is 2.43. The fraction of sp³-hybridized carbons (Fsp3) is 0.385. The van der Waals surface area contributed by atoms with Crippen LogP contribution >= 0.6 is 11.6 Å². The Morgan fingerprint density at radius 1 is 1.56 bits per heavy atom. The first kappa shape index (κ1) is 14.5. The van der Waals surface area contributed by atoms with Gasteiger partial charge in [0.15, 0.2) is 5.69 Å². The Morgan fingerprint density at radius 2 is 2.17 bits per heavy atom. The third-order valence-corrected chi connectivity index (χ3v) is 2.74. The van der Waals surface area contributed by atoms with Gasteiger partial charge in [0.2, 0.25) is 0 Å². The predicted octanol–water partition coefficient (Wildman–Crippen LogP) is 3.22. The van der Waals surface area contributed by atoms with Gasteiger partial charge in [-0.3, -0.25) is 0 Å². The lowest BCUT2D eigenvalue weighted by Gasteiger charge is -2.36. The Balaban J connectivity index is 3.25. The molecular weight excluding hydrogens is 252 g/mol. The zero-order chi connectivity index (χ0) is 13.9. The third kappa shape index (κ3) is 3.23. The van der Waals surface area contributed by atoms with Crippen LogP contribution in [0.2, 0.25) is 5.02 Å². The van der Waals surface area contributed by atoms with Crippen LogP contribution in [0.4, 0.5) is 5.82 Å². The van der Waals surface area contributed by atoms with Gasteiger partial charge in [0.05, 0.1) is 5.02 Å². The molecule has 1 aromatic rings. The van der Waals surface area contributed by atoms with Gasteiger partial charge in [-0.05, 0) is 32.9 Å². The second kappa shape index (κ2) is 5.40. The molecule has 0 radical (unpaired) electrons. The van der Waals surface area contributed by atoms with Crippen molar-refractivity contribution in [1.29, 1.82) is 0 Å². The van der Waals surface area contributed by atoms with Gasteiger partial charge in [-0.25, -0.2) is 9.78 Å². The zero-order valence-corrected chi connectivity index (χ0v) is 11.5. The van der Waals surface area contributed by atoms with Gasteiger partial charge < -0.3 is 10.0 Å². The molecule has 1 heterocycles. The Kier molecular flexibility index (Phi) is 4.35. The number of halogens is 1. The molecule has 0 fully saturated rings. The summed E-state index contributed by atoms with van der Waals surface area (Å²) in [7, 11) is 0. The molecule has 0 aromatic carbocycles. The topological polar surface area (TPSA) is 53.4 Å². The lowest BCUT2D eigenvalue weighted by molar-refractivity contribution is 0.0690. The number of hydrogen-bond donors (Lipinski definition) is 1. The number of hydrogen-bond acceptors (Lipinski definition) is 3. The molecule has 1 N–H and O–H groups in total. The minimum Gasteiger partial charge on any atom is -0.476 e. The molecule has 0 saturated heterocycles. The first-order valence-corrected chi connectivity index (χ1v) is 5.93. The second-order valence-electron chi connectivity index (χ2n) is 4.88. The van der Waals surface area contributed by atoms with E-state index in [2.05, 4.69) is 11.6 Å². The molecule has 4 nitrogen and oxygen atoms in total. The maximum absolute atomic E-state index is 11.0. The molecule has 18 heavy (non-hydrogen) atoms. The van der Waals surface area contributed by atoms with E-state index in [1.807, 2.05) is 25.7 Å². The van der Waals surface area contributed by atoms with E-state index in [1.54, 1.807) is 18.2 Å². The van der Waals surface area contributed by atoms with Crippen LogP contribution in [-0.2, 0) is 0 Å². The number of nitrogens with zero attached hydrogens (tertiary/aromatic N) is 2. The van der Waals surface area contributed by atoms with Crippen LogP contribution in [0.15, 0.2) is 24.8 Å². The highest BCUT2D eigenvalue weighted by Gasteiger charge is 2.23. The predicted molar refractivity (Wildman–Crippen MR) is 73.5 cm³/mol. The van der Waals surface area contributed by atoms with E-state index in [1.165, 1.54) is 0 Å². The van der Waals surface area contributed by atoms with Gasteiger partial charge in [0.25, 0.3) is 0 Å². The van der Waals surface area contributed by atoms with Crippen molar-refractivity contribution >= 4 is 23.4 Å². The van der Waals surface area contributed by atoms with Gasteiger partial charge in [0, 0.05) is 12.1 Å². The number of anilines is 1. The summed E-state index contributed by atoms with van der Waals surface area (Å²) in [4.78, 5) is 17.1. The Labute approximate surface area is 112 Å². The van der Waals surface area contributed by atoms with Crippen LogP contribution in [0.5, 0.6) is 0 Å². The quantitative estimate of drug-likeness (QED) is 0.852. The molecule has 0 aliphatic heterocycles. The molecule has 0 amide bonds. The molecule has 1 aromatic heterocycles. The van der Waals surface area contributed by atoms with Gasteiger partial charge in [-0.1, -0.05) is 17.7 Å². The van der Waals surface area contributed by atoms with E-state index >= 15 is 0 Å². The fourth-order valence-electron chi connectivity index (χ4n) is 1.57. The molecule has 98 valence electrons. The molecule has 0 bridgehead atoms. The van der Waals surface area contributed by atoms with Crippen molar-refractivity contribution < 1.29 is 9.90 Å². The van der Waals surface area contributed by atoms with Gasteiger partial charge >= 0.3 is 5.97 Å². The van der Waals surface area contributed by atoms with Gasteiger partial charge in [-0.15, -0.1) is 6.58 Å². The SMILES string of the molecule is C=CCN(c1ccc(Cl)c(C(=O)O)n1)C(C)(C)C. The summed E-state index contributed by atoms with van der Waals surface area (Å²) in [6.07, 6.45) is 1.75. The zero-order valence-electron chi connectivity index (χ0n) is 10.8. The average Bonchev–Trinajstić information content (AvgIpc) is 2.25. The average molecular weight is 269 g/mol. The van der Waals surface area contributed by atoms with E-state index in [0.29, 0.717) is 12.4 Å². The molecule has 1 rings (SSSR count). The first-order valence-electron chi connectivity index (χ1n) is 5.55. The molecule has 0 unspecified atom stereocenters. The van der Waals surface area contributed by atoms with E-state index < -0.39 is 5.97 Å². The van der Waals surface area contributed by atoms with Crippen molar-refractivity contribution in [3.05, 3.63) is 35.5 Å². The number of carboxylic acid groups (broad SMARTS) is 1. The molecule has 0 atom stereocenters. The summed E-state index contributed by atoms with van der Waals surface area (Å²) in [5.41, 5.74) is -0.322. The highest BCUT2D eigenvalue weighted by Crippen LogP contribution is 2.25. The van der Waals surface area contributed by atoms with Crippen molar-refractivity contribution in [3.8, 4) is 0 Å². The van der Waals surface area contributed by atoms with Crippen LogP contribution in [0.1, 0.15) is 31.3 Å². The highest BCUT2D eigenvalue weighted by atomic mass is 35.5. The standard InChI is InChI=1S/C13H17ClN2O2/c1-5-8-16(13(2,3)4)10-7-6-9(14)11(15-10)12(17)18/h5-7H,1,8H2,2-4H3,(H,17,18). The summed E-state index contributed by atoms with van der Waals surface area (Å²) >= 11 is 5.81. The number of carboxylic acids is 1. The van der Waals surface area contributed by atoms with E-state index in [4.69, 9.17) is 16.7 Å². The normalized spacial score (nSPS) is 11.1. The summed E-state index contributed by atoms with van der Waals surface area (Å²) in [6.45, 7) is 10.3. The maximum atomic E-state index is 11.0. The van der Waals surface area contributed by atoms with Crippen LogP contribution in [0, 0.1) is 0 Å². The number of aromatic carboxylic acids is 1. The highest BCUT2D eigenvalue weighted by molar-refractivity contribution is 6.33. The van der Waals surface area contributed by atoms with E-state index in [9.17, 15) is 4.79 Å². The molecule has 0 saturated carbocycles. The molecule has 0 aliphatic rings. The van der Waals surface area contributed by atoms with E-state index in [0.717, 1.165) is 0 Å². The van der Waals surface area contributed by atoms with Crippen LogP contribution in [0.25, 0.3) is 0 Å². The summed E-state index contributed by atoms with van der Waals surface area (Å²) in [5.74, 6) is -0.557. The minimum atomic E-state index is -1.13. The van der Waals surface area contributed by atoms with Crippen molar-refractivity contribution in [3.63, 3.8) is 0 Å². The Bertz CT molecular complexity index is 467. The van der Waals surface area contributed by atoms with Crippen molar-refractivity contribution in [2.45, 2.75) is 26.3 Å². The van der Waals surface area contributed by atoms with Crippen molar-refractivity contribution in [2.24, 2.45) is 0 Å².